The zero-order chi connectivity index (χ0) is 20.0. The lowest BCUT2D eigenvalue weighted by Crippen LogP contribution is -2.38. The lowest BCUT2D eigenvalue weighted by Gasteiger charge is -2.19. The van der Waals surface area contributed by atoms with E-state index >= 15 is 0 Å². The van der Waals surface area contributed by atoms with Crippen LogP contribution in [0.25, 0.3) is 0 Å². The Balaban J connectivity index is 2.10. The normalized spacial score (nSPS) is 22.6. The molecular formula is C18H20O6S3. The largest absolute Gasteiger partial charge is 0.229 e. The summed E-state index contributed by atoms with van der Waals surface area (Å²) in [5.41, 5.74) is 1.69. The highest BCUT2D eigenvalue weighted by atomic mass is 32.2. The van der Waals surface area contributed by atoms with Crippen LogP contribution in [0.2, 0.25) is 0 Å². The van der Waals surface area contributed by atoms with Crippen LogP contribution in [-0.2, 0) is 29.5 Å². The average molecular weight is 429 g/mol. The second-order valence-corrected chi connectivity index (χ2v) is 13.4. The van der Waals surface area contributed by atoms with Gasteiger partial charge in [0.15, 0.2) is 29.5 Å². The first-order valence-corrected chi connectivity index (χ1v) is 13.2. The van der Waals surface area contributed by atoms with Gasteiger partial charge in [0.05, 0.1) is 31.8 Å². The fraction of sp³-hybridized carbons (Fsp3) is 0.333. The minimum absolute atomic E-state index is 0.0701. The van der Waals surface area contributed by atoms with Crippen LogP contribution in [0.3, 0.4) is 0 Å². The van der Waals surface area contributed by atoms with Gasteiger partial charge in [0.2, 0.25) is 0 Å². The van der Waals surface area contributed by atoms with Gasteiger partial charge in [0.25, 0.3) is 0 Å². The van der Waals surface area contributed by atoms with E-state index in [0.717, 1.165) is 11.1 Å². The quantitative estimate of drug-likeness (QED) is 0.735. The Kier molecular flexibility index (Phi) is 4.98. The highest BCUT2D eigenvalue weighted by Gasteiger charge is 2.52. The van der Waals surface area contributed by atoms with Crippen molar-refractivity contribution in [3.63, 3.8) is 0 Å². The van der Waals surface area contributed by atoms with Crippen molar-refractivity contribution in [2.45, 2.75) is 34.1 Å². The first kappa shape index (κ1) is 20.0. The van der Waals surface area contributed by atoms with Crippen molar-refractivity contribution in [2.75, 3.05) is 11.5 Å². The van der Waals surface area contributed by atoms with Crippen LogP contribution in [0, 0.1) is 13.8 Å². The van der Waals surface area contributed by atoms with Gasteiger partial charge in [0, 0.05) is 0 Å². The zero-order valence-corrected chi connectivity index (χ0v) is 17.3. The Labute approximate surface area is 160 Å². The van der Waals surface area contributed by atoms with Crippen molar-refractivity contribution < 1.29 is 25.3 Å². The number of rotatable bonds is 4. The molecule has 146 valence electrons. The third-order valence-corrected chi connectivity index (χ3v) is 11.5. The van der Waals surface area contributed by atoms with Crippen molar-refractivity contribution in [3.8, 4) is 0 Å². The third kappa shape index (κ3) is 3.81. The fourth-order valence-electron chi connectivity index (χ4n) is 3.17. The van der Waals surface area contributed by atoms with E-state index in [-0.39, 0.29) is 9.79 Å². The smallest absolute Gasteiger partial charge is 0.183 e. The van der Waals surface area contributed by atoms with Crippen LogP contribution >= 0.6 is 0 Å². The van der Waals surface area contributed by atoms with Gasteiger partial charge in [-0.1, -0.05) is 35.4 Å². The molecule has 1 aliphatic rings. The minimum atomic E-state index is -4.13. The van der Waals surface area contributed by atoms with E-state index in [0.29, 0.717) is 0 Å². The molecule has 0 spiro atoms. The molecule has 2 aromatic carbocycles. The van der Waals surface area contributed by atoms with Gasteiger partial charge in [-0.2, -0.15) is 0 Å². The summed E-state index contributed by atoms with van der Waals surface area (Å²) in [6, 6.07) is 11.9. The maximum absolute atomic E-state index is 13.0. The molecule has 1 saturated heterocycles. The summed E-state index contributed by atoms with van der Waals surface area (Å²) >= 11 is 0. The molecule has 0 N–H and O–H groups in total. The van der Waals surface area contributed by atoms with Crippen LogP contribution in [0.5, 0.6) is 0 Å². The van der Waals surface area contributed by atoms with Crippen molar-refractivity contribution in [1.29, 1.82) is 0 Å². The molecule has 3 rings (SSSR count). The molecule has 2 aromatic rings. The van der Waals surface area contributed by atoms with E-state index in [1.165, 1.54) is 24.3 Å². The first-order valence-electron chi connectivity index (χ1n) is 8.25. The molecule has 1 aliphatic heterocycles. The molecule has 9 heteroatoms. The lowest BCUT2D eigenvalue weighted by molar-refractivity contribution is 0.567. The summed E-state index contributed by atoms with van der Waals surface area (Å²) in [4.78, 5) is -0.140. The molecule has 6 nitrogen and oxygen atoms in total. The van der Waals surface area contributed by atoms with E-state index in [1.54, 1.807) is 38.1 Å². The molecule has 0 unspecified atom stereocenters. The van der Waals surface area contributed by atoms with Gasteiger partial charge in [-0.3, -0.25) is 0 Å². The molecule has 1 fully saturated rings. The number of benzene rings is 2. The number of sulfone groups is 3. The topological polar surface area (TPSA) is 102 Å². The van der Waals surface area contributed by atoms with Crippen LogP contribution in [0.1, 0.15) is 11.1 Å². The molecule has 0 saturated carbocycles. The van der Waals surface area contributed by atoms with Crippen LogP contribution in [0.4, 0.5) is 0 Å². The van der Waals surface area contributed by atoms with Crippen LogP contribution < -0.4 is 0 Å². The third-order valence-electron chi connectivity index (χ3n) is 4.75. The second-order valence-electron chi connectivity index (χ2n) is 6.87. The van der Waals surface area contributed by atoms with E-state index in [1.807, 2.05) is 0 Å². The van der Waals surface area contributed by atoms with E-state index in [9.17, 15) is 25.3 Å². The van der Waals surface area contributed by atoms with Gasteiger partial charge < -0.3 is 0 Å². The predicted molar refractivity (Wildman–Crippen MR) is 103 cm³/mol. The Morgan fingerprint density at radius 1 is 0.667 bits per heavy atom. The molecule has 27 heavy (non-hydrogen) atoms. The summed E-state index contributed by atoms with van der Waals surface area (Å²) < 4.78 is 76.6. The predicted octanol–water partition coefficient (Wildman–Crippen LogP) is 1.72. The highest BCUT2D eigenvalue weighted by Crippen LogP contribution is 2.33. The van der Waals surface area contributed by atoms with Crippen molar-refractivity contribution in [3.05, 3.63) is 59.7 Å². The Bertz CT molecular complexity index is 1070. The summed E-state index contributed by atoms with van der Waals surface area (Å²) in [6.45, 7) is 3.59. The minimum Gasteiger partial charge on any atom is -0.229 e. The van der Waals surface area contributed by atoms with Crippen molar-refractivity contribution in [2.24, 2.45) is 0 Å². The summed E-state index contributed by atoms with van der Waals surface area (Å²) in [6.07, 6.45) is 0. The van der Waals surface area contributed by atoms with Gasteiger partial charge in [-0.15, -0.1) is 0 Å². The zero-order valence-electron chi connectivity index (χ0n) is 14.9. The number of aryl methyl sites for hydroxylation is 2. The summed E-state index contributed by atoms with van der Waals surface area (Å²) in [5, 5.41) is -3.06. The Hall–Kier alpha value is -1.71. The van der Waals surface area contributed by atoms with E-state index < -0.39 is 51.5 Å². The van der Waals surface area contributed by atoms with Gasteiger partial charge in [0.1, 0.15) is 0 Å². The summed E-state index contributed by atoms with van der Waals surface area (Å²) in [7, 11) is -12.1. The lowest BCUT2D eigenvalue weighted by atomic mass is 10.2. The van der Waals surface area contributed by atoms with E-state index in [2.05, 4.69) is 0 Å². The maximum Gasteiger partial charge on any atom is 0.183 e. The first-order chi connectivity index (χ1) is 12.4. The molecule has 0 radical (unpaired) electrons. The maximum atomic E-state index is 13.0. The highest BCUT2D eigenvalue weighted by molar-refractivity contribution is 8.00. The SMILES string of the molecule is Cc1ccc(S(=O)(=O)[C@@H]2CS(=O)(=O)C[C@H]2S(=O)(=O)c2ccc(C)cc2)cc1. The fourth-order valence-corrected chi connectivity index (χ4v) is 11.3. The summed E-state index contributed by atoms with van der Waals surface area (Å²) in [5.74, 6) is -1.39. The Morgan fingerprint density at radius 3 is 1.26 bits per heavy atom. The molecule has 1 heterocycles. The molecule has 0 aromatic heterocycles. The van der Waals surface area contributed by atoms with Gasteiger partial charge in [-0.05, 0) is 38.1 Å². The number of hydrogen-bond donors (Lipinski definition) is 0. The molecular weight excluding hydrogens is 408 g/mol. The standard InChI is InChI=1S/C18H20O6S3/c1-13-3-7-15(8-4-13)26(21,22)17-11-25(19,20)12-18(17)27(23,24)16-9-5-14(2)6-10-16/h3-10,17-18H,11-12H2,1-2H3/t17-,18-/m1/s1. The number of hydrogen-bond acceptors (Lipinski definition) is 6. The monoisotopic (exact) mass is 428 g/mol. The molecule has 0 bridgehead atoms. The van der Waals surface area contributed by atoms with Gasteiger partial charge >= 0.3 is 0 Å². The Morgan fingerprint density at radius 2 is 0.963 bits per heavy atom. The molecule has 2 atom stereocenters. The van der Waals surface area contributed by atoms with Crippen LogP contribution in [-0.4, -0.2) is 47.3 Å². The van der Waals surface area contributed by atoms with Crippen LogP contribution in [0.15, 0.2) is 58.3 Å². The molecule has 0 aliphatic carbocycles. The average Bonchev–Trinajstić information content (AvgIpc) is 2.93. The molecule has 0 amide bonds. The van der Waals surface area contributed by atoms with Gasteiger partial charge in [-0.25, -0.2) is 25.3 Å². The van der Waals surface area contributed by atoms with E-state index in [4.69, 9.17) is 0 Å². The second kappa shape index (κ2) is 6.72. The van der Waals surface area contributed by atoms with Crippen molar-refractivity contribution in [1.82, 2.24) is 0 Å². The van der Waals surface area contributed by atoms with Crippen molar-refractivity contribution >= 4 is 29.5 Å².